The van der Waals surface area contributed by atoms with Crippen molar-refractivity contribution >= 4 is 0 Å². The highest BCUT2D eigenvalue weighted by Crippen LogP contribution is 2.05. The molecule has 59 valence electrons. The van der Waals surface area contributed by atoms with Gasteiger partial charge in [-0.1, -0.05) is 18.2 Å². The van der Waals surface area contributed by atoms with Crippen LogP contribution in [0.1, 0.15) is 5.69 Å². The predicted octanol–water partition coefficient (Wildman–Crippen LogP) is 1.98. The average molecular weight is 157 g/mol. The summed E-state index contributed by atoms with van der Waals surface area (Å²) in [5, 5.41) is 0. The first-order chi connectivity index (χ1) is 5.86. The Labute approximate surface area is 71.5 Å². The minimum absolute atomic E-state index is 1.02. The van der Waals surface area contributed by atoms with Crippen molar-refractivity contribution in [1.82, 2.24) is 9.55 Å². The van der Waals surface area contributed by atoms with Crippen molar-refractivity contribution in [2.24, 2.45) is 0 Å². The lowest BCUT2D eigenvalue weighted by Gasteiger charge is -1.98. The van der Waals surface area contributed by atoms with Crippen LogP contribution in [0.3, 0.4) is 0 Å². The van der Waals surface area contributed by atoms with Crippen molar-refractivity contribution in [3.05, 3.63) is 48.5 Å². The van der Waals surface area contributed by atoms with Gasteiger partial charge in [-0.25, -0.2) is 4.98 Å². The first-order valence-corrected chi connectivity index (χ1v) is 3.84. The first-order valence-electron chi connectivity index (χ1n) is 3.84. The lowest BCUT2D eigenvalue weighted by Crippen LogP contribution is -1.88. The molecule has 1 aromatic heterocycles. The van der Waals surface area contributed by atoms with Crippen LogP contribution in [-0.4, -0.2) is 9.55 Å². The number of rotatable bonds is 1. The molecule has 0 bridgehead atoms. The monoisotopic (exact) mass is 157 g/mol. The second-order valence-electron chi connectivity index (χ2n) is 2.67. The third-order valence-corrected chi connectivity index (χ3v) is 1.68. The molecule has 0 unspecified atom stereocenters. The Morgan fingerprint density at radius 2 is 2.33 bits per heavy atom. The van der Waals surface area contributed by atoms with Crippen LogP contribution >= 0.6 is 0 Å². The largest absolute Gasteiger partial charge is 0.305 e. The van der Waals surface area contributed by atoms with Crippen LogP contribution in [0.25, 0.3) is 5.69 Å². The second kappa shape index (κ2) is 2.81. The molecule has 0 atom stereocenters. The Morgan fingerprint density at radius 3 is 2.92 bits per heavy atom. The van der Waals surface area contributed by atoms with Crippen LogP contribution in [0.15, 0.2) is 36.8 Å². The number of benzene rings is 1. The number of hydrogen-bond donors (Lipinski definition) is 0. The SMILES string of the molecule is Cc1cn(-c2[c]cccc2)cn1. The second-order valence-corrected chi connectivity index (χ2v) is 2.67. The van der Waals surface area contributed by atoms with E-state index in [0.717, 1.165) is 11.4 Å². The summed E-state index contributed by atoms with van der Waals surface area (Å²) in [4.78, 5) is 4.14. The highest BCUT2D eigenvalue weighted by Gasteiger charge is 1.94. The van der Waals surface area contributed by atoms with Crippen molar-refractivity contribution in [2.75, 3.05) is 0 Å². The van der Waals surface area contributed by atoms with Crippen molar-refractivity contribution in [3.8, 4) is 5.69 Å². The molecule has 0 aliphatic carbocycles. The van der Waals surface area contributed by atoms with E-state index in [4.69, 9.17) is 0 Å². The van der Waals surface area contributed by atoms with Crippen LogP contribution in [0.5, 0.6) is 0 Å². The fraction of sp³-hybridized carbons (Fsp3) is 0.100. The molecule has 0 aliphatic rings. The molecule has 2 rings (SSSR count). The molecular weight excluding hydrogens is 148 g/mol. The molecular formula is C10H9N2. The molecule has 0 aliphatic heterocycles. The summed E-state index contributed by atoms with van der Waals surface area (Å²) in [5.74, 6) is 0. The Hall–Kier alpha value is -1.57. The molecule has 0 saturated carbocycles. The number of para-hydroxylation sites is 1. The molecule has 2 nitrogen and oxygen atoms in total. The third kappa shape index (κ3) is 1.23. The van der Waals surface area contributed by atoms with Crippen LogP contribution in [-0.2, 0) is 0 Å². The molecule has 0 amide bonds. The minimum Gasteiger partial charge on any atom is -0.305 e. The molecule has 0 spiro atoms. The van der Waals surface area contributed by atoms with Gasteiger partial charge >= 0.3 is 0 Å². The summed E-state index contributed by atoms with van der Waals surface area (Å²) >= 11 is 0. The molecule has 2 heteroatoms. The summed E-state index contributed by atoms with van der Waals surface area (Å²) in [6, 6.07) is 11.0. The normalized spacial score (nSPS) is 10.1. The Morgan fingerprint density at radius 1 is 1.42 bits per heavy atom. The lowest BCUT2D eigenvalue weighted by molar-refractivity contribution is 1.05. The molecule has 0 N–H and O–H groups in total. The molecule has 2 aromatic rings. The summed E-state index contributed by atoms with van der Waals surface area (Å²) in [5.41, 5.74) is 2.05. The van der Waals surface area contributed by atoms with Gasteiger partial charge in [0, 0.05) is 12.3 Å². The van der Waals surface area contributed by atoms with E-state index in [9.17, 15) is 0 Å². The molecule has 12 heavy (non-hydrogen) atoms. The fourth-order valence-corrected chi connectivity index (χ4v) is 1.10. The minimum atomic E-state index is 1.02. The van der Waals surface area contributed by atoms with E-state index in [-0.39, 0.29) is 0 Å². The van der Waals surface area contributed by atoms with E-state index in [2.05, 4.69) is 11.1 Å². The Balaban J connectivity index is 2.45. The van der Waals surface area contributed by atoms with Gasteiger partial charge in [0.2, 0.25) is 0 Å². The fourth-order valence-electron chi connectivity index (χ4n) is 1.10. The van der Waals surface area contributed by atoms with Gasteiger partial charge in [0.15, 0.2) is 0 Å². The zero-order chi connectivity index (χ0) is 8.39. The third-order valence-electron chi connectivity index (χ3n) is 1.68. The number of nitrogens with zero attached hydrogens (tertiary/aromatic N) is 2. The van der Waals surface area contributed by atoms with E-state index in [1.807, 2.05) is 42.0 Å². The summed E-state index contributed by atoms with van der Waals surface area (Å²) in [6.07, 6.45) is 3.77. The van der Waals surface area contributed by atoms with E-state index in [1.165, 1.54) is 0 Å². The topological polar surface area (TPSA) is 17.8 Å². The van der Waals surface area contributed by atoms with Gasteiger partial charge in [-0.05, 0) is 13.0 Å². The smallest absolute Gasteiger partial charge is 0.0995 e. The van der Waals surface area contributed by atoms with Gasteiger partial charge in [0.1, 0.15) is 0 Å². The highest BCUT2D eigenvalue weighted by atomic mass is 15.0. The van der Waals surface area contributed by atoms with Gasteiger partial charge in [-0.2, -0.15) is 0 Å². The van der Waals surface area contributed by atoms with Crippen LogP contribution in [0.4, 0.5) is 0 Å². The van der Waals surface area contributed by atoms with Crippen LogP contribution < -0.4 is 0 Å². The summed E-state index contributed by atoms with van der Waals surface area (Å²) in [7, 11) is 0. The van der Waals surface area contributed by atoms with Gasteiger partial charge in [0.25, 0.3) is 0 Å². The quantitative estimate of drug-likeness (QED) is 0.619. The average Bonchev–Trinajstić information content (AvgIpc) is 2.54. The standard InChI is InChI=1S/C10H9N2/c1-9-7-12(8-11-9)10-5-3-2-4-6-10/h2-5,7-8H,1H3. The first kappa shape index (κ1) is 7.10. The number of aryl methyl sites for hydroxylation is 1. The van der Waals surface area contributed by atoms with E-state index < -0.39 is 0 Å². The molecule has 0 fully saturated rings. The van der Waals surface area contributed by atoms with Gasteiger partial charge in [0.05, 0.1) is 17.7 Å². The summed E-state index contributed by atoms with van der Waals surface area (Å²) < 4.78 is 1.95. The van der Waals surface area contributed by atoms with Gasteiger partial charge in [-0.3, -0.25) is 0 Å². The number of imidazole rings is 1. The molecule has 1 aromatic carbocycles. The zero-order valence-electron chi connectivity index (χ0n) is 6.86. The molecule has 0 saturated heterocycles. The predicted molar refractivity (Wildman–Crippen MR) is 47.1 cm³/mol. The lowest BCUT2D eigenvalue weighted by atomic mass is 10.3. The number of aromatic nitrogens is 2. The van der Waals surface area contributed by atoms with Crippen molar-refractivity contribution in [3.63, 3.8) is 0 Å². The van der Waals surface area contributed by atoms with Crippen molar-refractivity contribution in [1.29, 1.82) is 0 Å². The van der Waals surface area contributed by atoms with Crippen LogP contribution in [0.2, 0.25) is 0 Å². The number of hydrogen-bond acceptors (Lipinski definition) is 1. The zero-order valence-corrected chi connectivity index (χ0v) is 6.86. The van der Waals surface area contributed by atoms with E-state index in [1.54, 1.807) is 6.33 Å². The maximum absolute atomic E-state index is 4.14. The summed E-state index contributed by atoms with van der Waals surface area (Å²) in [6.45, 7) is 1.97. The van der Waals surface area contributed by atoms with Crippen molar-refractivity contribution in [2.45, 2.75) is 6.92 Å². The molecule has 1 radical (unpaired) electrons. The van der Waals surface area contributed by atoms with Gasteiger partial charge < -0.3 is 4.57 Å². The Kier molecular flexibility index (Phi) is 1.67. The Bertz CT molecular complexity index is 362. The van der Waals surface area contributed by atoms with Crippen molar-refractivity contribution < 1.29 is 0 Å². The highest BCUT2D eigenvalue weighted by molar-refractivity contribution is 5.30. The maximum atomic E-state index is 4.14. The van der Waals surface area contributed by atoms with Crippen LogP contribution in [0, 0.1) is 13.0 Å². The maximum Gasteiger partial charge on any atom is 0.0995 e. The van der Waals surface area contributed by atoms with E-state index in [0.29, 0.717) is 0 Å². The van der Waals surface area contributed by atoms with E-state index >= 15 is 0 Å². The van der Waals surface area contributed by atoms with Gasteiger partial charge in [-0.15, -0.1) is 0 Å². The molecule has 1 heterocycles.